The largest absolute Gasteiger partial charge is 0.346 e. The van der Waals surface area contributed by atoms with Gasteiger partial charge in [0.25, 0.3) is 0 Å². The Hall–Kier alpha value is -1.39. The van der Waals surface area contributed by atoms with Crippen LogP contribution in [0.2, 0.25) is 0 Å². The van der Waals surface area contributed by atoms with Crippen LogP contribution in [0.5, 0.6) is 0 Å². The zero-order valence-electron chi connectivity index (χ0n) is 16.5. The van der Waals surface area contributed by atoms with Crippen LogP contribution in [0, 0.1) is 11.8 Å². The van der Waals surface area contributed by atoms with Crippen LogP contribution in [0.25, 0.3) is 0 Å². The lowest BCUT2D eigenvalue weighted by atomic mass is 9.79. The quantitative estimate of drug-likeness (QED) is 0.776. The Labute approximate surface area is 158 Å². The Morgan fingerprint density at radius 3 is 2.85 bits per heavy atom. The number of rotatable bonds is 8. The van der Waals surface area contributed by atoms with Crippen molar-refractivity contribution in [2.24, 2.45) is 11.8 Å². The third-order valence-corrected chi connectivity index (χ3v) is 6.02. The van der Waals surface area contributed by atoms with E-state index in [-0.39, 0.29) is 0 Å². The highest BCUT2D eigenvalue weighted by Crippen LogP contribution is 2.31. The van der Waals surface area contributed by atoms with Crippen molar-refractivity contribution in [3.8, 4) is 0 Å². The fraction of sp³-hybridized carbons (Fsp3) is 0.682. The van der Waals surface area contributed by atoms with E-state index in [4.69, 9.17) is 0 Å². The molecule has 0 unspecified atom stereocenters. The summed E-state index contributed by atoms with van der Waals surface area (Å²) in [5.74, 6) is 1.82. The van der Waals surface area contributed by atoms with E-state index in [9.17, 15) is 4.79 Å². The zero-order valence-corrected chi connectivity index (χ0v) is 16.5. The smallest absolute Gasteiger partial charge is 0.222 e. The highest BCUT2D eigenvalue weighted by atomic mass is 16.2. The number of benzene rings is 1. The molecule has 2 saturated heterocycles. The molecule has 0 aliphatic carbocycles. The minimum absolute atomic E-state index is 0.301. The Kier molecular flexibility index (Phi) is 7.09. The van der Waals surface area contributed by atoms with Crippen LogP contribution in [-0.2, 0) is 11.3 Å². The Morgan fingerprint density at radius 2 is 2.08 bits per heavy atom. The third-order valence-electron chi connectivity index (χ3n) is 6.02. The van der Waals surface area contributed by atoms with E-state index < -0.39 is 0 Å². The first-order chi connectivity index (χ1) is 12.7. The highest BCUT2D eigenvalue weighted by Gasteiger charge is 2.36. The van der Waals surface area contributed by atoms with E-state index in [2.05, 4.69) is 47.5 Å². The Morgan fingerprint density at radius 1 is 1.27 bits per heavy atom. The van der Waals surface area contributed by atoms with Crippen LogP contribution in [0.3, 0.4) is 0 Å². The molecule has 26 heavy (non-hydrogen) atoms. The van der Waals surface area contributed by atoms with Gasteiger partial charge in [0.2, 0.25) is 5.91 Å². The average Bonchev–Trinajstić information content (AvgIpc) is 2.64. The maximum absolute atomic E-state index is 12.1. The Bertz CT molecular complexity index is 562. The molecule has 4 nitrogen and oxygen atoms in total. The number of hydrogen-bond donors (Lipinski definition) is 1. The lowest BCUT2D eigenvalue weighted by Crippen LogP contribution is -2.55. The van der Waals surface area contributed by atoms with E-state index >= 15 is 0 Å². The predicted molar refractivity (Wildman–Crippen MR) is 107 cm³/mol. The average molecular weight is 358 g/mol. The van der Waals surface area contributed by atoms with Crippen molar-refractivity contribution < 1.29 is 4.79 Å². The van der Waals surface area contributed by atoms with Gasteiger partial charge in [0.15, 0.2) is 0 Å². The van der Waals surface area contributed by atoms with Crippen molar-refractivity contribution in [2.45, 2.75) is 51.6 Å². The van der Waals surface area contributed by atoms with Crippen LogP contribution in [0.15, 0.2) is 30.3 Å². The molecule has 3 rings (SSSR count). The summed E-state index contributed by atoms with van der Waals surface area (Å²) in [6.45, 7) is 7.60. The summed E-state index contributed by atoms with van der Waals surface area (Å²) in [4.78, 5) is 16.7. The highest BCUT2D eigenvalue weighted by molar-refractivity contribution is 5.75. The molecule has 1 aromatic carbocycles. The molecule has 0 aromatic heterocycles. The second-order valence-corrected chi connectivity index (χ2v) is 8.26. The third kappa shape index (κ3) is 5.31. The molecule has 1 amide bonds. The second-order valence-electron chi connectivity index (χ2n) is 8.26. The molecule has 2 heterocycles. The molecule has 1 aromatic rings. The van der Waals surface area contributed by atoms with E-state index in [0.717, 1.165) is 50.7 Å². The van der Waals surface area contributed by atoms with Crippen molar-refractivity contribution >= 4 is 5.91 Å². The van der Waals surface area contributed by atoms with E-state index in [1.165, 1.54) is 25.1 Å². The minimum atomic E-state index is 0.301. The maximum Gasteiger partial charge on any atom is 0.222 e. The molecule has 0 saturated carbocycles. The Balaban J connectivity index is 1.46. The number of carbonyl (C=O) groups is 1. The summed E-state index contributed by atoms with van der Waals surface area (Å²) < 4.78 is 0. The van der Waals surface area contributed by atoms with Gasteiger partial charge in [-0.3, -0.25) is 9.69 Å². The molecule has 144 valence electrons. The van der Waals surface area contributed by atoms with Crippen LogP contribution >= 0.6 is 0 Å². The van der Waals surface area contributed by atoms with Gasteiger partial charge in [-0.1, -0.05) is 37.3 Å². The lowest BCUT2D eigenvalue weighted by Gasteiger charge is -2.46. The predicted octanol–water partition coefficient (Wildman–Crippen LogP) is 3.14. The molecule has 2 fully saturated rings. The molecule has 3 atom stereocenters. The first-order valence-electron chi connectivity index (χ1n) is 10.4. The molecular formula is C22H35N3O. The molecule has 2 aliphatic heterocycles. The zero-order chi connectivity index (χ0) is 18.4. The summed E-state index contributed by atoms with van der Waals surface area (Å²) in [6.07, 6.45) is 5.21. The first-order valence-corrected chi connectivity index (χ1v) is 10.4. The molecule has 2 aliphatic rings. The van der Waals surface area contributed by atoms with Gasteiger partial charge in [-0.2, -0.15) is 0 Å². The summed E-state index contributed by atoms with van der Waals surface area (Å²) >= 11 is 0. The SMILES string of the molecule is CCCN(C)C(=O)CCC[C@H]1NC[C@@H]2C[C@H]1CN(Cc1ccccc1)C2. The standard InChI is InChI=1S/C22H35N3O/c1-3-12-24(2)22(26)11-7-10-21-20-13-19(14-23-21)16-25(17-20)15-18-8-5-4-6-9-18/h4-6,8-9,19-21,23H,3,7,10-17H2,1-2H3/t19-,20-,21+/m0/s1. The number of hydrogen-bond acceptors (Lipinski definition) is 3. The number of likely N-dealkylation sites (tertiary alicyclic amines) is 1. The van der Waals surface area contributed by atoms with E-state index in [1.807, 2.05) is 11.9 Å². The molecular weight excluding hydrogens is 322 g/mol. The number of nitrogens with one attached hydrogen (secondary N) is 1. The van der Waals surface area contributed by atoms with Gasteiger partial charge in [0.05, 0.1) is 0 Å². The van der Waals surface area contributed by atoms with Gasteiger partial charge in [-0.15, -0.1) is 0 Å². The van der Waals surface area contributed by atoms with Gasteiger partial charge in [0.1, 0.15) is 0 Å². The van der Waals surface area contributed by atoms with Crippen molar-refractivity contribution in [2.75, 3.05) is 33.2 Å². The molecule has 0 spiro atoms. The van der Waals surface area contributed by atoms with Gasteiger partial charge >= 0.3 is 0 Å². The van der Waals surface area contributed by atoms with Crippen molar-refractivity contribution in [1.82, 2.24) is 15.1 Å². The lowest BCUT2D eigenvalue weighted by molar-refractivity contribution is -0.130. The first kappa shape index (κ1) is 19.4. The maximum atomic E-state index is 12.1. The van der Waals surface area contributed by atoms with Crippen molar-refractivity contribution in [1.29, 1.82) is 0 Å². The van der Waals surface area contributed by atoms with E-state index in [1.54, 1.807) is 0 Å². The summed E-state index contributed by atoms with van der Waals surface area (Å²) in [7, 11) is 1.93. The molecule has 0 radical (unpaired) electrons. The normalized spacial score (nSPS) is 25.8. The fourth-order valence-electron chi connectivity index (χ4n) is 4.71. The van der Waals surface area contributed by atoms with Crippen LogP contribution < -0.4 is 5.32 Å². The van der Waals surface area contributed by atoms with Crippen LogP contribution in [0.1, 0.15) is 44.6 Å². The monoisotopic (exact) mass is 357 g/mol. The number of carbonyl (C=O) groups excluding carboxylic acids is 1. The van der Waals surface area contributed by atoms with Crippen molar-refractivity contribution in [3.05, 3.63) is 35.9 Å². The van der Waals surface area contributed by atoms with Crippen molar-refractivity contribution in [3.63, 3.8) is 0 Å². The van der Waals surface area contributed by atoms with Crippen LogP contribution in [0.4, 0.5) is 0 Å². The second kappa shape index (κ2) is 9.52. The van der Waals surface area contributed by atoms with E-state index in [0.29, 0.717) is 18.4 Å². The van der Waals surface area contributed by atoms with Gasteiger partial charge < -0.3 is 10.2 Å². The van der Waals surface area contributed by atoms with Crippen LogP contribution in [-0.4, -0.2) is 55.0 Å². The molecule has 1 N–H and O–H groups in total. The minimum Gasteiger partial charge on any atom is -0.346 e. The molecule has 2 bridgehead atoms. The van der Waals surface area contributed by atoms with Gasteiger partial charge in [-0.05, 0) is 49.6 Å². The fourth-order valence-corrected chi connectivity index (χ4v) is 4.71. The topological polar surface area (TPSA) is 35.6 Å². The van der Waals surface area contributed by atoms with Gasteiger partial charge in [0, 0.05) is 45.7 Å². The van der Waals surface area contributed by atoms with Gasteiger partial charge in [-0.25, -0.2) is 0 Å². The molecule has 4 heteroatoms. The summed E-state index contributed by atoms with van der Waals surface area (Å²) in [6, 6.07) is 11.4. The number of fused-ring (bicyclic) bond motifs is 2. The number of piperidine rings is 2. The number of nitrogens with zero attached hydrogens (tertiary/aromatic N) is 2. The summed E-state index contributed by atoms with van der Waals surface area (Å²) in [5.41, 5.74) is 1.42. The summed E-state index contributed by atoms with van der Waals surface area (Å²) in [5, 5.41) is 3.78. The number of amides is 1.